The van der Waals surface area contributed by atoms with Crippen molar-refractivity contribution in [2.45, 2.75) is 25.6 Å². The molecule has 3 heteroatoms. The van der Waals surface area contributed by atoms with Gasteiger partial charge in [-0.15, -0.1) is 0 Å². The van der Waals surface area contributed by atoms with E-state index in [9.17, 15) is 0 Å². The number of benzene rings is 2. The Morgan fingerprint density at radius 3 is 1.95 bits per heavy atom. The lowest BCUT2D eigenvalue weighted by molar-refractivity contribution is 1.07. The highest BCUT2D eigenvalue weighted by Gasteiger charge is 2.41. The molecular formula is C17H22P2Si. The van der Waals surface area contributed by atoms with Gasteiger partial charge in [0.15, 0.2) is 0 Å². The predicted octanol–water partition coefficient (Wildman–Crippen LogP) is 5.13. The number of hydrogen-bond donors (Lipinski definition) is 0. The second-order valence-electron chi connectivity index (χ2n) is 6.02. The lowest BCUT2D eigenvalue weighted by atomic mass is 10.4. The number of rotatable bonds is 2. The van der Waals surface area contributed by atoms with Crippen molar-refractivity contribution in [2.75, 3.05) is 6.16 Å². The van der Waals surface area contributed by atoms with Crippen molar-refractivity contribution < 1.29 is 0 Å². The van der Waals surface area contributed by atoms with Gasteiger partial charge >= 0.3 is 0 Å². The second-order valence-corrected chi connectivity index (χ2v) is 21.8. The van der Waals surface area contributed by atoms with Crippen molar-refractivity contribution in [3.05, 3.63) is 60.7 Å². The molecule has 1 heterocycles. The lowest BCUT2D eigenvalue weighted by Crippen LogP contribution is -2.32. The van der Waals surface area contributed by atoms with Crippen molar-refractivity contribution in [1.29, 1.82) is 0 Å². The van der Waals surface area contributed by atoms with E-state index in [0.29, 0.717) is 0 Å². The molecule has 0 spiro atoms. The van der Waals surface area contributed by atoms with E-state index in [-0.39, 0.29) is 14.8 Å². The number of hydrogen-bond acceptors (Lipinski definition) is 0. The monoisotopic (exact) mass is 316 g/mol. The van der Waals surface area contributed by atoms with E-state index in [0.717, 1.165) is 0 Å². The van der Waals surface area contributed by atoms with Crippen LogP contribution in [-0.4, -0.2) is 13.9 Å². The van der Waals surface area contributed by atoms with Gasteiger partial charge < -0.3 is 0 Å². The largest absolute Gasteiger partial charge is 0.0860 e. The molecular weight excluding hydrogens is 294 g/mol. The fourth-order valence-electron chi connectivity index (χ4n) is 3.10. The molecule has 0 aromatic heterocycles. The van der Waals surface area contributed by atoms with E-state index in [1.807, 2.05) is 0 Å². The molecule has 2 atom stereocenters. The van der Waals surface area contributed by atoms with Gasteiger partial charge in [0, 0.05) is 0 Å². The van der Waals surface area contributed by atoms with E-state index < -0.39 is 7.74 Å². The first-order valence-corrected chi connectivity index (χ1v) is 15.0. The van der Waals surface area contributed by atoms with E-state index in [2.05, 4.69) is 73.8 Å². The molecule has 0 N–H and O–H groups in total. The highest BCUT2D eigenvalue weighted by Crippen LogP contribution is 2.75. The van der Waals surface area contributed by atoms with Crippen molar-refractivity contribution in [3.8, 4) is 0 Å². The molecule has 3 rings (SSSR count). The average Bonchev–Trinajstić information content (AvgIpc) is 2.48. The van der Waals surface area contributed by atoms with E-state index in [1.165, 1.54) is 18.6 Å². The van der Waals surface area contributed by atoms with Crippen LogP contribution in [0.4, 0.5) is 0 Å². The van der Waals surface area contributed by atoms with Gasteiger partial charge in [0.05, 0.1) is 7.74 Å². The minimum Gasteiger partial charge on any atom is -0.0649 e. The van der Waals surface area contributed by atoms with Gasteiger partial charge in [0.25, 0.3) is 0 Å². The molecule has 1 saturated heterocycles. The Bertz CT molecular complexity index is 554. The van der Waals surface area contributed by atoms with Crippen molar-refractivity contribution in [2.24, 2.45) is 0 Å². The Labute approximate surface area is 125 Å². The minimum atomic E-state index is -1.11. The third-order valence-electron chi connectivity index (χ3n) is 4.03. The molecule has 0 saturated carbocycles. The zero-order valence-electron chi connectivity index (χ0n) is 12.3. The first-order chi connectivity index (χ1) is 9.68. The van der Waals surface area contributed by atoms with Crippen LogP contribution in [0.5, 0.6) is 0 Å². The summed E-state index contributed by atoms with van der Waals surface area (Å²) in [5, 5.41) is 3.30. The van der Waals surface area contributed by atoms with Crippen molar-refractivity contribution in [3.63, 3.8) is 0 Å². The molecule has 2 unspecified atom stereocenters. The molecule has 1 aliphatic heterocycles. The summed E-state index contributed by atoms with van der Waals surface area (Å²) < 4.78 is 0. The summed E-state index contributed by atoms with van der Waals surface area (Å²) in [7, 11) is -1.03. The third-order valence-corrected chi connectivity index (χ3v) is 25.0. The van der Waals surface area contributed by atoms with E-state index >= 15 is 0 Å². The molecule has 0 amide bonds. The highest BCUT2D eigenvalue weighted by molar-refractivity contribution is 8.49. The van der Waals surface area contributed by atoms with Crippen LogP contribution in [0.3, 0.4) is 0 Å². The molecule has 20 heavy (non-hydrogen) atoms. The topological polar surface area (TPSA) is 0 Å². The lowest BCUT2D eigenvalue weighted by Gasteiger charge is -2.44. The molecule has 104 valence electrons. The molecule has 1 fully saturated rings. The maximum Gasteiger partial charge on any atom is 0.0860 e. The normalized spacial score (nSPS) is 25.3. The van der Waals surface area contributed by atoms with Gasteiger partial charge in [0.2, 0.25) is 0 Å². The molecule has 2 aromatic carbocycles. The summed E-state index contributed by atoms with van der Waals surface area (Å²) in [5.41, 5.74) is 0. The average molecular weight is 316 g/mol. The molecule has 2 aromatic rings. The summed E-state index contributed by atoms with van der Waals surface area (Å²) in [6.45, 7) is 5.26. The summed E-state index contributed by atoms with van der Waals surface area (Å²) in [4.78, 5) is 0. The summed E-state index contributed by atoms with van der Waals surface area (Å²) in [5.74, 6) is 0. The zero-order chi connectivity index (χ0) is 14.0. The fourth-order valence-corrected chi connectivity index (χ4v) is 26.1. The van der Waals surface area contributed by atoms with Crippen LogP contribution in [0, 0.1) is 0 Å². The Morgan fingerprint density at radius 2 is 1.35 bits per heavy atom. The summed E-state index contributed by atoms with van der Waals surface area (Å²) >= 11 is 0. The summed E-state index contributed by atoms with van der Waals surface area (Å²) in [6.07, 6.45) is 2.89. The van der Waals surface area contributed by atoms with Crippen LogP contribution in [0.25, 0.3) is 0 Å². The SMILES string of the molecule is C[Si]1(C)CCCP(c2ccccc2)P1c1ccccc1. The zero-order valence-corrected chi connectivity index (χ0v) is 15.1. The first kappa shape index (κ1) is 14.5. The maximum atomic E-state index is 2.63. The van der Waals surface area contributed by atoms with Crippen LogP contribution in [-0.2, 0) is 0 Å². The van der Waals surface area contributed by atoms with Gasteiger partial charge in [-0.05, 0) is 24.4 Å². The van der Waals surface area contributed by atoms with Gasteiger partial charge in [-0.2, -0.15) is 0 Å². The highest BCUT2D eigenvalue weighted by atomic mass is 32.2. The minimum absolute atomic E-state index is 0.0320. The molecule has 0 nitrogen and oxygen atoms in total. The molecule has 0 bridgehead atoms. The Morgan fingerprint density at radius 1 is 0.800 bits per heavy atom. The molecule has 0 aliphatic carbocycles. The fraction of sp³-hybridized carbons (Fsp3) is 0.294. The predicted molar refractivity (Wildman–Crippen MR) is 97.8 cm³/mol. The Hall–Kier alpha value is -0.483. The van der Waals surface area contributed by atoms with E-state index in [1.54, 1.807) is 10.6 Å². The van der Waals surface area contributed by atoms with Gasteiger partial charge in [-0.1, -0.05) is 93.4 Å². The third kappa shape index (κ3) is 2.91. The van der Waals surface area contributed by atoms with Crippen LogP contribution in [0.1, 0.15) is 6.42 Å². The first-order valence-electron chi connectivity index (χ1n) is 7.36. The second kappa shape index (κ2) is 6.10. The molecule has 0 radical (unpaired) electrons. The molecule has 1 aliphatic rings. The van der Waals surface area contributed by atoms with Gasteiger partial charge in [-0.25, -0.2) is 0 Å². The summed E-state index contributed by atoms with van der Waals surface area (Å²) in [6, 6.07) is 24.3. The van der Waals surface area contributed by atoms with E-state index in [4.69, 9.17) is 0 Å². The maximum absolute atomic E-state index is 2.63. The van der Waals surface area contributed by atoms with Gasteiger partial charge in [-0.3, -0.25) is 0 Å². The van der Waals surface area contributed by atoms with Crippen LogP contribution >= 0.6 is 14.8 Å². The van der Waals surface area contributed by atoms with Crippen molar-refractivity contribution in [1.82, 2.24) is 0 Å². The smallest absolute Gasteiger partial charge is 0.0649 e. The Kier molecular flexibility index (Phi) is 4.41. The van der Waals surface area contributed by atoms with Crippen molar-refractivity contribution >= 4 is 33.1 Å². The standard InChI is InChI=1S/C17H22P2Si/c1-20(2)15-9-14-18(16-10-5-3-6-11-16)19(20)17-12-7-4-8-13-17/h3-8,10-13H,9,14-15H2,1-2H3. The van der Waals surface area contributed by atoms with Crippen LogP contribution in [0.15, 0.2) is 60.7 Å². The van der Waals surface area contributed by atoms with Crippen LogP contribution < -0.4 is 10.6 Å². The van der Waals surface area contributed by atoms with Crippen LogP contribution in [0.2, 0.25) is 19.1 Å². The Balaban J connectivity index is 2.03. The quantitative estimate of drug-likeness (QED) is 0.532. The van der Waals surface area contributed by atoms with Gasteiger partial charge in [0.1, 0.15) is 0 Å².